The number of hydrogen-bond acceptors (Lipinski definition) is 3. The summed E-state index contributed by atoms with van der Waals surface area (Å²) in [6.07, 6.45) is 0.978. The molecule has 134 valence electrons. The highest BCUT2D eigenvalue weighted by molar-refractivity contribution is 5.94. The Morgan fingerprint density at radius 1 is 0.960 bits per heavy atom. The molecule has 0 bridgehead atoms. The molecule has 2 aromatic carbocycles. The SMILES string of the molecule is CCc1ccccc1-c1ccc(C(=O)N(CCO)CCN(C)C)cc1. The fraction of sp³-hybridized carbons (Fsp3) is 0.381. The quantitative estimate of drug-likeness (QED) is 0.803. The van der Waals surface area contributed by atoms with Gasteiger partial charge < -0.3 is 14.9 Å². The third kappa shape index (κ3) is 5.15. The van der Waals surface area contributed by atoms with Crippen molar-refractivity contribution in [2.24, 2.45) is 0 Å². The van der Waals surface area contributed by atoms with Crippen LogP contribution in [0, 0.1) is 0 Å². The molecule has 0 fully saturated rings. The summed E-state index contributed by atoms with van der Waals surface area (Å²) >= 11 is 0. The van der Waals surface area contributed by atoms with E-state index in [9.17, 15) is 9.90 Å². The van der Waals surface area contributed by atoms with Gasteiger partial charge in [0.1, 0.15) is 0 Å². The van der Waals surface area contributed by atoms with Crippen LogP contribution in [0.4, 0.5) is 0 Å². The van der Waals surface area contributed by atoms with Crippen molar-refractivity contribution in [3.05, 3.63) is 59.7 Å². The Labute approximate surface area is 150 Å². The highest BCUT2D eigenvalue weighted by Gasteiger charge is 2.15. The molecule has 1 amide bonds. The zero-order valence-electron chi connectivity index (χ0n) is 15.4. The average molecular weight is 340 g/mol. The van der Waals surface area contributed by atoms with Gasteiger partial charge in [0.2, 0.25) is 0 Å². The number of hydrogen-bond donors (Lipinski definition) is 1. The summed E-state index contributed by atoms with van der Waals surface area (Å²) in [6, 6.07) is 16.1. The number of rotatable bonds is 8. The predicted octanol–water partition coefficient (Wildman–Crippen LogP) is 2.91. The lowest BCUT2D eigenvalue weighted by Crippen LogP contribution is -2.38. The number of aryl methyl sites for hydroxylation is 1. The van der Waals surface area contributed by atoms with Crippen LogP contribution in [0.5, 0.6) is 0 Å². The van der Waals surface area contributed by atoms with Gasteiger partial charge in [-0.1, -0.05) is 43.3 Å². The zero-order valence-corrected chi connectivity index (χ0v) is 15.4. The maximum atomic E-state index is 12.7. The number of amides is 1. The highest BCUT2D eigenvalue weighted by Crippen LogP contribution is 2.24. The summed E-state index contributed by atoms with van der Waals surface area (Å²) in [4.78, 5) is 16.4. The first kappa shape index (κ1) is 19.2. The van der Waals surface area contributed by atoms with E-state index in [0.29, 0.717) is 18.7 Å². The number of benzene rings is 2. The van der Waals surface area contributed by atoms with Crippen LogP contribution in [-0.2, 0) is 6.42 Å². The van der Waals surface area contributed by atoms with Crippen LogP contribution in [0.2, 0.25) is 0 Å². The van der Waals surface area contributed by atoms with Crippen molar-refractivity contribution < 1.29 is 9.90 Å². The van der Waals surface area contributed by atoms with Gasteiger partial charge >= 0.3 is 0 Å². The van der Waals surface area contributed by atoms with Gasteiger partial charge in [-0.15, -0.1) is 0 Å². The lowest BCUT2D eigenvalue weighted by Gasteiger charge is -2.23. The molecule has 0 unspecified atom stereocenters. The molecule has 4 heteroatoms. The van der Waals surface area contributed by atoms with E-state index < -0.39 is 0 Å². The molecule has 0 heterocycles. The van der Waals surface area contributed by atoms with Crippen LogP contribution in [0.3, 0.4) is 0 Å². The van der Waals surface area contributed by atoms with Crippen molar-refractivity contribution in [2.45, 2.75) is 13.3 Å². The fourth-order valence-electron chi connectivity index (χ4n) is 2.84. The molecule has 0 saturated heterocycles. The van der Waals surface area contributed by atoms with Gasteiger partial charge in [0.15, 0.2) is 0 Å². The molecule has 0 aliphatic carbocycles. The maximum Gasteiger partial charge on any atom is 0.253 e. The molecule has 0 saturated carbocycles. The summed E-state index contributed by atoms with van der Waals surface area (Å²) < 4.78 is 0. The van der Waals surface area contributed by atoms with E-state index in [2.05, 4.69) is 25.1 Å². The topological polar surface area (TPSA) is 43.8 Å². The smallest absolute Gasteiger partial charge is 0.253 e. The summed E-state index contributed by atoms with van der Waals surface area (Å²) in [5, 5.41) is 9.24. The number of carbonyl (C=O) groups is 1. The summed E-state index contributed by atoms with van der Waals surface area (Å²) in [5.41, 5.74) is 4.29. The molecule has 1 N–H and O–H groups in total. The Kier molecular flexibility index (Phi) is 7.16. The van der Waals surface area contributed by atoms with Crippen LogP contribution >= 0.6 is 0 Å². The Balaban J connectivity index is 2.18. The Hall–Kier alpha value is -2.17. The van der Waals surface area contributed by atoms with E-state index in [4.69, 9.17) is 0 Å². The van der Waals surface area contributed by atoms with Crippen LogP contribution < -0.4 is 0 Å². The second kappa shape index (κ2) is 9.35. The second-order valence-corrected chi connectivity index (χ2v) is 6.41. The Morgan fingerprint density at radius 2 is 1.64 bits per heavy atom. The third-order valence-electron chi connectivity index (χ3n) is 4.32. The minimum Gasteiger partial charge on any atom is -0.395 e. The number of likely N-dealkylation sites (N-methyl/N-ethyl adjacent to an activating group) is 1. The zero-order chi connectivity index (χ0) is 18.2. The first-order valence-electron chi connectivity index (χ1n) is 8.80. The van der Waals surface area contributed by atoms with Crippen LogP contribution in [0.15, 0.2) is 48.5 Å². The van der Waals surface area contributed by atoms with Crippen LogP contribution in [0.1, 0.15) is 22.8 Å². The predicted molar refractivity (Wildman–Crippen MR) is 103 cm³/mol. The van der Waals surface area contributed by atoms with Crippen molar-refractivity contribution in [2.75, 3.05) is 40.3 Å². The van der Waals surface area contributed by atoms with Crippen molar-refractivity contribution in [3.8, 4) is 11.1 Å². The van der Waals surface area contributed by atoms with Gasteiger partial charge in [-0.3, -0.25) is 4.79 Å². The van der Waals surface area contributed by atoms with E-state index in [-0.39, 0.29) is 12.5 Å². The molecule has 2 aromatic rings. The van der Waals surface area contributed by atoms with Crippen molar-refractivity contribution >= 4 is 5.91 Å². The van der Waals surface area contributed by atoms with E-state index in [0.717, 1.165) is 18.5 Å². The molecule has 0 aliphatic heterocycles. The lowest BCUT2D eigenvalue weighted by molar-refractivity contribution is 0.0710. The summed E-state index contributed by atoms with van der Waals surface area (Å²) in [7, 11) is 3.95. The molecule has 4 nitrogen and oxygen atoms in total. The minimum atomic E-state index is -0.0359. The van der Waals surface area contributed by atoms with Gasteiger partial charge in [0.25, 0.3) is 5.91 Å². The van der Waals surface area contributed by atoms with E-state index in [1.165, 1.54) is 11.1 Å². The van der Waals surface area contributed by atoms with Crippen molar-refractivity contribution in [3.63, 3.8) is 0 Å². The van der Waals surface area contributed by atoms with Gasteiger partial charge in [-0.2, -0.15) is 0 Å². The molecule has 2 rings (SSSR count). The normalized spacial score (nSPS) is 10.9. The van der Waals surface area contributed by atoms with Crippen LogP contribution in [-0.4, -0.2) is 61.2 Å². The van der Waals surface area contributed by atoms with Gasteiger partial charge in [-0.05, 0) is 49.3 Å². The van der Waals surface area contributed by atoms with E-state index in [1.807, 2.05) is 49.3 Å². The molecule has 0 radical (unpaired) electrons. The summed E-state index contributed by atoms with van der Waals surface area (Å²) in [6.45, 7) is 3.85. The molecular weight excluding hydrogens is 312 g/mol. The number of aliphatic hydroxyl groups is 1. The first-order chi connectivity index (χ1) is 12.1. The standard InChI is InChI=1S/C21H28N2O2/c1-4-17-7-5-6-8-20(17)18-9-11-19(12-10-18)21(25)23(15-16-24)14-13-22(2)3/h5-12,24H,4,13-16H2,1-3H3. The Morgan fingerprint density at radius 3 is 2.24 bits per heavy atom. The molecule has 0 spiro atoms. The third-order valence-corrected chi connectivity index (χ3v) is 4.32. The van der Waals surface area contributed by atoms with E-state index in [1.54, 1.807) is 4.90 Å². The molecule has 0 atom stereocenters. The lowest BCUT2D eigenvalue weighted by atomic mass is 9.97. The van der Waals surface area contributed by atoms with Crippen molar-refractivity contribution in [1.82, 2.24) is 9.80 Å². The molecule has 0 aromatic heterocycles. The molecule has 25 heavy (non-hydrogen) atoms. The number of aliphatic hydroxyl groups excluding tert-OH is 1. The van der Waals surface area contributed by atoms with Crippen molar-refractivity contribution in [1.29, 1.82) is 0 Å². The summed E-state index contributed by atoms with van der Waals surface area (Å²) in [5.74, 6) is -0.0359. The maximum absolute atomic E-state index is 12.7. The fourth-order valence-corrected chi connectivity index (χ4v) is 2.84. The largest absolute Gasteiger partial charge is 0.395 e. The molecule has 0 aliphatic rings. The monoisotopic (exact) mass is 340 g/mol. The Bertz CT molecular complexity index is 681. The van der Waals surface area contributed by atoms with Gasteiger partial charge in [0, 0.05) is 25.2 Å². The van der Waals surface area contributed by atoms with Gasteiger partial charge in [-0.25, -0.2) is 0 Å². The van der Waals surface area contributed by atoms with E-state index >= 15 is 0 Å². The number of nitrogens with zero attached hydrogens (tertiary/aromatic N) is 2. The first-order valence-corrected chi connectivity index (χ1v) is 8.80. The van der Waals surface area contributed by atoms with Crippen LogP contribution in [0.25, 0.3) is 11.1 Å². The molecular formula is C21H28N2O2. The minimum absolute atomic E-state index is 0.0267. The van der Waals surface area contributed by atoms with Gasteiger partial charge in [0.05, 0.1) is 6.61 Å². The second-order valence-electron chi connectivity index (χ2n) is 6.41. The number of carbonyl (C=O) groups excluding carboxylic acids is 1. The highest BCUT2D eigenvalue weighted by atomic mass is 16.3. The average Bonchev–Trinajstić information content (AvgIpc) is 2.64.